The molecule has 0 aliphatic heterocycles. The highest BCUT2D eigenvalue weighted by Gasteiger charge is 2.08. The standard InChI is InChI=1S/C13H21ClN2/c1-10(2)9-16(4)13-6-5-12(14)7-11(13)8-15-3/h5-7,10,15H,8-9H2,1-4H3. The first-order valence-electron chi connectivity index (χ1n) is 5.68. The Balaban J connectivity index is 2.92. The predicted molar refractivity (Wildman–Crippen MR) is 72.3 cm³/mol. The van der Waals surface area contributed by atoms with E-state index in [2.05, 4.69) is 37.2 Å². The topological polar surface area (TPSA) is 15.3 Å². The van der Waals surface area contributed by atoms with Gasteiger partial charge < -0.3 is 10.2 Å². The van der Waals surface area contributed by atoms with Gasteiger partial charge in [0.2, 0.25) is 0 Å². The lowest BCUT2D eigenvalue weighted by Crippen LogP contribution is -2.24. The number of benzene rings is 1. The van der Waals surface area contributed by atoms with Gasteiger partial charge in [0.25, 0.3) is 0 Å². The smallest absolute Gasteiger partial charge is 0.0410 e. The van der Waals surface area contributed by atoms with Crippen LogP contribution in [-0.4, -0.2) is 20.6 Å². The Bertz CT molecular complexity index is 337. The lowest BCUT2D eigenvalue weighted by Gasteiger charge is -2.24. The molecule has 1 aromatic carbocycles. The first-order valence-corrected chi connectivity index (χ1v) is 6.06. The first-order chi connectivity index (χ1) is 7.54. The predicted octanol–water partition coefficient (Wildman–Crippen LogP) is 3.15. The summed E-state index contributed by atoms with van der Waals surface area (Å²) in [5, 5.41) is 3.97. The second-order valence-corrected chi connectivity index (χ2v) is 5.01. The van der Waals surface area contributed by atoms with E-state index in [1.807, 2.05) is 19.2 Å². The molecule has 0 unspecified atom stereocenters. The molecule has 0 aliphatic rings. The van der Waals surface area contributed by atoms with E-state index in [0.29, 0.717) is 5.92 Å². The van der Waals surface area contributed by atoms with Gasteiger partial charge in [-0.15, -0.1) is 0 Å². The molecule has 0 saturated carbocycles. The van der Waals surface area contributed by atoms with Crippen LogP contribution in [0.5, 0.6) is 0 Å². The van der Waals surface area contributed by atoms with Gasteiger partial charge in [0.15, 0.2) is 0 Å². The van der Waals surface area contributed by atoms with Crippen LogP contribution in [0.15, 0.2) is 18.2 Å². The van der Waals surface area contributed by atoms with Crippen molar-refractivity contribution in [2.75, 3.05) is 25.5 Å². The van der Waals surface area contributed by atoms with E-state index in [0.717, 1.165) is 18.1 Å². The molecule has 0 spiro atoms. The van der Waals surface area contributed by atoms with Crippen molar-refractivity contribution < 1.29 is 0 Å². The fourth-order valence-electron chi connectivity index (χ4n) is 1.90. The van der Waals surface area contributed by atoms with Crippen molar-refractivity contribution in [2.45, 2.75) is 20.4 Å². The van der Waals surface area contributed by atoms with E-state index < -0.39 is 0 Å². The average molecular weight is 241 g/mol. The molecule has 0 heterocycles. The summed E-state index contributed by atoms with van der Waals surface area (Å²) >= 11 is 6.02. The summed E-state index contributed by atoms with van der Waals surface area (Å²) < 4.78 is 0. The zero-order chi connectivity index (χ0) is 12.1. The van der Waals surface area contributed by atoms with Gasteiger partial charge in [-0.05, 0) is 36.7 Å². The molecule has 0 aromatic heterocycles. The molecule has 90 valence electrons. The molecule has 0 fully saturated rings. The van der Waals surface area contributed by atoms with Crippen LogP contribution in [0, 0.1) is 5.92 Å². The second kappa shape index (κ2) is 6.12. The van der Waals surface area contributed by atoms with E-state index in [4.69, 9.17) is 11.6 Å². The molecule has 3 heteroatoms. The number of anilines is 1. The van der Waals surface area contributed by atoms with Crippen molar-refractivity contribution in [1.82, 2.24) is 5.32 Å². The number of hydrogen-bond donors (Lipinski definition) is 1. The molecule has 1 N–H and O–H groups in total. The van der Waals surface area contributed by atoms with E-state index in [1.54, 1.807) is 0 Å². The van der Waals surface area contributed by atoms with Crippen molar-refractivity contribution >= 4 is 17.3 Å². The molecule has 0 atom stereocenters. The van der Waals surface area contributed by atoms with Gasteiger partial charge in [0.1, 0.15) is 0 Å². The number of nitrogens with one attached hydrogen (secondary N) is 1. The summed E-state index contributed by atoms with van der Waals surface area (Å²) in [6.07, 6.45) is 0. The minimum Gasteiger partial charge on any atom is -0.374 e. The molecular weight excluding hydrogens is 220 g/mol. The largest absolute Gasteiger partial charge is 0.374 e. The van der Waals surface area contributed by atoms with Gasteiger partial charge in [0, 0.05) is 30.8 Å². The minimum atomic E-state index is 0.656. The second-order valence-electron chi connectivity index (χ2n) is 4.58. The van der Waals surface area contributed by atoms with Gasteiger partial charge in [0.05, 0.1) is 0 Å². The molecule has 0 saturated heterocycles. The third-order valence-electron chi connectivity index (χ3n) is 2.46. The molecule has 0 radical (unpaired) electrons. The molecule has 0 amide bonds. The van der Waals surface area contributed by atoms with Crippen LogP contribution in [0.3, 0.4) is 0 Å². The van der Waals surface area contributed by atoms with Gasteiger partial charge in [-0.1, -0.05) is 25.4 Å². The highest BCUT2D eigenvalue weighted by molar-refractivity contribution is 6.30. The Morgan fingerprint density at radius 3 is 2.62 bits per heavy atom. The maximum Gasteiger partial charge on any atom is 0.0410 e. The highest BCUT2D eigenvalue weighted by atomic mass is 35.5. The zero-order valence-electron chi connectivity index (χ0n) is 10.5. The van der Waals surface area contributed by atoms with Crippen molar-refractivity contribution in [1.29, 1.82) is 0 Å². The SMILES string of the molecule is CNCc1cc(Cl)ccc1N(C)CC(C)C. The number of rotatable bonds is 5. The molecule has 2 nitrogen and oxygen atoms in total. The van der Waals surface area contributed by atoms with Crippen LogP contribution in [0.2, 0.25) is 5.02 Å². The summed E-state index contributed by atoms with van der Waals surface area (Å²) in [6.45, 7) is 6.35. The van der Waals surface area contributed by atoms with Crippen LogP contribution in [0.25, 0.3) is 0 Å². The van der Waals surface area contributed by atoms with E-state index >= 15 is 0 Å². The van der Waals surface area contributed by atoms with Crippen molar-refractivity contribution in [3.05, 3.63) is 28.8 Å². The summed E-state index contributed by atoms with van der Waals surface area (Å²) in [5.41, 5.74) is 2.51. The fraction of sp³-hybridized carbons (Fsp3) is 0.538. The van der Waals surface area contributed by atoms with Gasteiger partial charge in [-0.25, -0.2) is 0 Å². The van der Waals surface area contributed by atoms with Gasteiger partial charge >= 0.3 is 0 Å². The fourth-order valence-corrected chi connectivity index (χ4v) is 2.10. The normalized spacial score (nSPS) is 10.9. The third-order valence-corrected chi connectivity index (χ3v) is 2.69. The molecule has 16 heavy (non-hydrogen) atoms. The Kier molecular flexibility index (Phi) is 5.10. The van der Waals surface area contributed by atoms with Crippen molar-refractivity contribution in [3.63, 3.8) is 0 Å². The molecule has 1 aromatic rings. The Hall–Kier alpha value is -0.730. The Labute approximate surface area is 104 Å². The van der Waals surface area contributed by atoms with Crippen molar-refractivity contribution in [2.24, 2.45) is 5.92 Å². The van der Waals surface area contributed by atoms with Crippen LogP contribution >= 0.6 is 11.6 Å². The monoisotopic (exact) mass is 240 g/mol. The van der Waals surface area contributed by atoms with Crippen LogP contribution in [0.4, 0.5) is 5.69 Å². The van der Waals surface area contributed by atoms with E-state index in [1.165, 1.54) is 11.3 Å². The van der Waals surface area contributed by atoms with E-state index in [-0.39, 0.29) is 0 Å². The summed E-state index contributed by atoms with van der Waals surface area (Å²) in [4.78, 5) is 2.29. The highest BCUT2D eigenvalue weighted by Crippen LogP contribution is 2.24. The maximum atomic E-state index is 6.02. The molecule has 0 aliphatic carbocycles. The molecule has 0 bridgehead atoms. The van der Waals surface area contributed by atoms with Crippen LogP contribution in [0.1, 0.15) is 19.4 Å². The number of halogens is 1. The minimum absolute atomic E-state index is 0.656. The quantitative estimate of drug-likeness (QED) is 0.851. The molecular formula is C13H21ClN2. The number of nitrogens with zero attached hydrogens (tertiary/aromatic N) is 1. The first kappa shape index (κ1) is 13.3. The van der Waals surface area contributed by atoms with E-state index in [9.17, 15) is 0 Å². The zero-order valence-corrected chi connectivity index (χ0v) is 11.3. The lowest BCUT2D eigenvalue weighted by molar-refractivity contribution is 0.636. The summed E-state index contributed by atoms with van der Waals surface area (Å²) in [6, 6.07) is 6.08. The third kappa shape index (κ3) is 3.69. The molecule has 1 rings (SSSR count). The lowest BCUT2D eigenvalue weighted by atomic mass is 10.1. The Morgan fingerprint density at radius 1 is 1.38 bits per heavy atom. The van der Waals surface area contributed by atoms with Gasteiger partial charge in [-0.2, -0.15) is 0 Å². The number of hydrogen-bond acceptors (Lipinski definition) is 2. The van der Waals surface area contributed by atoms with Gasteiger partial charge in [-0.3, -0.25) is 0 Å². The average Bonchev–Trinajstić information content (AvgIpc) is 2.17. The van der Waals surface area contributed by atoms with Crippen LogP contribution < -0.4 is 10.2 Å². The summed E-state index contributed by atoms with van der Waals surface area (Å²) in [7, 11) is 4.08. The maximum absolute atomic E-state index is 6.02. The van der Waals surface area contributed by atoms with Crippen molar-refractivity contribution in [3.8, 4) is 0 Å². The Morgan fingerprint density at radius 2 is 2.06 bits per heavy atom. The summed E-state index contributed by atoms with van der Waals surface area (Å²) in [5.74, 6) is 0.656. The van der Waals surface area contributed by atoms with Crippen LogP contribution in [-0.2, 0) is 6.54 Å².